The molecular formula is C16H25N3O. The molecule has 0 saturated carbocycles. The van der Waals surface area contributed by atoms with E-state index in [1.54, 1.807) is 25.1 Å². The maximum absolute atomic E-state index is 11.9. The Morgan fingerprint density at radius 2 is 1.85 bits per heavy atom. The van der Waals surface area contributed by atoms with Crippen molar-refractivity contribution in [3.05, 3.63) is 23.8 Å². The average molecular weight is 275 g/mol. The maximum Gasteiger partial charge on any atom is 0.253 e. The normalized spacial score (nSPS) is 17.9. The highest BCUT2D eigenvalue weighted by Gasteiger charge is 2.26. The molecule has 1 aliphatic heterocycles. The smallest absolute Gasteiger partial charge is 0.253 e. The van der Waals surface area contributed by atoms with Crippen molar-refractivity contribution in [1.82, 2.24) is 4.90 Å². The fourth-order valence-electron chi connectivity index (χ4n) is 2.59. The van der Waals surface area contributed by atoms with Crippen LogP contribution in [0.2, 0.25) is 0 Å². The summed E-state index contributed by atoms with van der Waals surface area (Å²) in [4.78, 5) is 15.8. The minimum atomic E-state index is -0.0111. The summed E-state index contributed by atoms with van der Waals surface area (Å²) >= 11 is 0. The van der Waals surface area contributed by atoms with Crippen LogP contribution in [0.1, 0.15) is 37.0 Å². The van der Waals surface area contributed by atoms with Crippen LogP contribution in [0.15, 0.2) is 18.2 Å². The van der Waals surface area contributed by atoms with Gasteiger partial charge in [-0.25, -0.2) is 0 Å². The zero-order chi connectivity index (χ0) is 14.9. The molecule has 2 N–H and O–H groups in total. The van der Waals surface area contributed by atoms with E-state index in [1.165, 1.54) is 12.8 Å². The van der Waals surface area contributed by atoms with E-state index in [4.69, 9.17) is 5.73 Å². The van der Waals surface area contributed by atoms with E-state index in [9.17, 15) is 4.79 Å². The summed E-state index contributed by atoms with van der Waals surface area (Å²) in [6.07, 6.45) is 2.34. The Labute approximate surface area is 121 Å². The van der Waals surface area contributed by atoms with Crippen molar-refractivity contribution in [3.63, 3.8) is 0 Å². The minimum Gasteiger partial charge on any atom is -0.397 e. The van der Waals surface area contributed by atoms with Crippen LogP contribution >= 0.6 is 0 Å². The van der Waals surface area contributed by atoms with Crippen LogP contribution < -0.4 is 10.6 Å². The molecule has 0 atom stereocenters. The monoisotopic (exact) mass is 275 g/mol. The quantitative estimate of drug-likeness (QED) is 0.844. The number of amides is 1. The first-order chi connectivity index (χ1) is 9.30. The average Bonchev–Trinajstić information content (AvgIpc) is 2.38. The topological polar surface area (TPSA) is 49.6 Å². The van der Waals surface area contributed by atoms with Crippen molar-refractivity contribution in [1.29, 1.82) is 0 Å². The van der Waals surface area contributed by atoms with Crippen molar-refractivity contribution < 1.29 is 4.79 Å². The minimum absolute atomic E-state index is 0.0111. The van der Waals surface area contributed by atoms with Gasteiger partial charge < -0.3 is 15.5 Å². The Bertz CT molecular complexity index is 498. The maximum atomic E-state index is 11.9. The third kappa shape index (κ3) is 3.06. The number of nitrogens with two attached hydrogens (primary N) is 1. The highest BCUT2D eigenvalue weighted by Crippen LogP contribution is 2.34. The van der Waals surface area contributed by atoms with Gasteiger partial charge in [0.1, 0.15) is 0 Å². The first-order valence-corrected chi connectivity index (χ1v) is 7.16. The molecule has 110 valence electrons. The van der Waals surface area contributed by atoms with Gasteiger partial charge >= 0.3 is 0 Å². The number of piperidine rings is 1. The summed E-state index contributed by atoms with van der Waals surface area (Å²) in [6.45, 7) is 6.68. The molecule has 4 heteroatoms. The Morgan fingerprint density at radius 1 is 1.25 bits per heavy atom. The van der Waals surface area contributed by atoms with Crippen LogP contribution in [0.3, 0.4) is 0 Å². The molecule has 4 nitrogen and oxygen atoms in total. The standard InChI is InChI=1S/C16H25N3O/c1-16(2)7-9-19(10-8-16)14-6-5-12(11-13(14)17)15(20)18(3)4/h5-6,11H,7-10,17H2,1-4H3. The molecule has 0 aliphatic carbocycles. The van der Waals surface area contributed by atoms with Crippen molar-refractivity contribution in [2.75, 3.05) is 37.8 Å². The van der Waals surface area contributed by atoms with Gasteiger partial charge in [-0.05, 0) is 36.5 Å². The second-order valence-electron chi connectivity index (χ2n) is 6.62. The number of benzene rings is 1. The number of anilines is 2. The predicted octanol–water partition coefficient (Wildman–Crippen LogP) is 2.60. The Kier molecular flexibility index (Phi) is 3.93. The molecule has 1 fully saturated rings. The van der Waals surface area contributed by atoms with Gasteiger partial charge in [0.15, 0.2) is 0 Å². The van der Waals surface area contributed by atoms with Crippen molar-refractivity contribution in [3.8, 4) is 0 Å². The largest absolute Gasteiger partial charge is 0.397 e. The number of hydrogen-bond donors (Lipinski definition) is 1. The van der Waals surface area contributed by atoms with Crippen LogP contribution in [0.4, 0.5) is 11.4 Å². The van der Waals surface area contributed by atoms with Crippen LogP contribution in [-0.4, -0.2) is 38.0 Å². The van der Waals surface area contributed by atoms with Gasteiger partial charge in [-0.1, -0.05) is 13.8 Å². The van der Waals surface area contributed by atoms with Gasteiger partial charge in [-0.2, -0.15) is 0 Å². The highest BCUT2D eigenvalue weighted by molar-refractivity contribution is 5.95. The van der Waals surface area contributed by atoms with Gasteiger partial charge in [0.25, 0.3) is 5.91 Å². The van der Waals surface area contributed by atoms with E-state index in [-0.39, 0.29) is 5.91 Å². The summed E-state index contributed by atoms with van der Waals surface area (Å²) in [5.41, 5.74) is 8.96. The number of carbonyl (C=O) groups is 1. The van der Waals surface area contributed by atoms with Gasteiger partial charge in [-0.15, -0.1) is 0 Å². The molecule has 0 bridgehead atoms. The Hall–Kier alpha value is -1.71. The van der Waals surface area contributed by atoms with E-state index < -0.39 is 0 Å². The molecule has 1 aromatic rings. The Balaban J connectivity index is 2.17. The number of rotatable bonds is 2. The Morgan fingerprint density at radius 3 is 2.35 bits per heavy atom. The van der Waals surface area contributed by atoms with E-state index >= 15 is 0 Å². The lowest BCUT2D eigenvalue weighted by atomic mass is 9.82. The molecule has 2 rings (SSSR count). The number of carbonyl (C=O) groups excluding carboxylic acids is 1. The van der Waals surface area contributed by atoms with Gasteiger partial charge in [0, 0.05) is 32.7 Å². The van der Waals surface area contributed by atoms with E-state index in [0.29, 0.717) is 16.7 Å². The SMILES string of the molecule is CN(C)C(=O)c1ccc(N2CCC(C)(C)CC2)c(N)c1. The predicted molar refractivity (Wildman–Crippen MR) is 84.1 cm³/mol. The van der Waals surface area contributed by atoms with Crippen LogP contribution in [0, 0.1) is 5.41 Å². The lowest BCUT2D eigenvalue weighted by Gasteiger charge is -2.38. The summed E-state index contributed by atoms with van der Waals surface area (Å²) in [5.74, 6) is -0.0111. The summed E-state index contributed by atoms with van der Waals surface area (Å²) in [6, 6.07) is 5.63. The molecule has 0 aromatic heterocycles. The molecule has 1 saturated heterocycles. The van der Waals surface area contributed by atoms with E-state index in [0.717, 1.165) is 18.8 Å². The molecule has 1 heterocycles. The van der Waals surface area contributed by atoms with Crippen LogP contribution in [0.25, 0.3) is 0 Å². The molecule has 1 amide bonds. The van der Waals surface area contributed by atoms with Crippen molar-refractivity contribution >= 4 is 17.3 Å². The molecule has 0 spiro atoms. The molecule has 1 aliphatic rings. The second kappa shape index (κ2) is 5.35. The number of nitrogens with zero attached hydrogens (tertiary/aromatic N) is 2. The molecule has 0 radical (unpaired) electrons. The fourth-order valence-corrected chi connectivity index (χ4v) is 2.59. The molecule has 20 heavy (non-hydrogen) atoms. The van der Waals surface area contributed by atoms with Gasteiger partial charge in [0.05, 0.1) is 11.4 Å². The van der Waals surface area contributed by atoms with Gasteiger partial charge in [0.2, 0.25) is 0 Å². The summed E-state index contributed by atoms with van der Waals surface area (Å²) < 4.78 is 0. The van der Waals surface area contributed by atoms with Crippen LogP contribution in [0.5, 0.6) is 0 Å². The number of nitrogen functional groups attached to an aromatic ring is 1. The van der Waals surface area contributed by atoms with Crippen LogP contribution in [-0.2, 0) is 0 Å². The lowest BCUT2D eigenvalue weighted by molar-refractivity contribution is 0.0827. The first kappa shape index (κ1) is 14.7. The van der Waals surface area contributed by atoms with E-state index in [1.807, 2.05) is 12.1 Å². The molecular weight excluding hydrogens is 250 g/mol. The van der Waals surface area contributed by atoms with Crippen molar-refractivity contribution in [2.24, 2.45) is 5.41 Å². The zero-order valence-electron chi connectivity index (χ0n) is 12.9. The molecule has 0 unspecified atom stereocenters. The second-order valence-corrected chi connectivity index (χ2v) is 6.62. The number of hydrogen-bond acceptors (Lipinski definition) is 3. The summed E-state index contributed by atoms with van der Waals surface area (Å²) in [5, 5.41) is 0. The first-order valence-electron chi connectivity index (χ1n) is 7.16. The van der Waals surface area contributed by atoms with Crippen molar-refractivity contribution in [2.45, 2.75) is 26.7 Å². The zero-order valence-corrected chi connectivity index (χ0v) is 12.9. The third-order valence-electron chi connectivity index (χ3n) is 4.14. The van der Waals surface area contributed by atoms with E-state index in [2.05, 4.69) is 18.7 Å². The third-order valence-corrected chi connectivity index (χ3v) is 4.14. The fraction of sp³-hybridized carbons (Fsp3) is 0.562. The molecule has 1 aromatic carbocycles. The highest BCUT2D eigenvalue weighted by atomic mass is 16.2. The summed E-state index contributed by atoms with van der Waals surface area (Å²) in [7, 11) is 3.50. The lowest BCUT2D eigenvalue weighted by Crippen LogP contribution is -2.37. The van der Waals surface area contributed by atoms with Gasteiger partial charge in [-0.3, -0.25) is 4.79 Å².